The SMILES string of the molecule is CCCCCCCCCCSc1ccc(C(=O)O)o1. The van der Waals surface area contributed by atoms with Crippen LogP contribution in [-0.2, 0) is 0 Å². The average Bonchev–Trinajstić information content (AvgIpc) is 2.86. The van der Waals surface area contributed by atoms with E-state index in [4.69, 9.17) is 9.52 Å². The molecule has 3 nitrogen and oxygen atoms in total. The van der Waals surface area contributed by atoms with Gasteiger partial charge in [0.1, 0.15) is 0 Å². The number of carboxylic acids is 1. The first-order chi connectivity index (χ1) is 9.24. The fourth-order valence-electron chi connectivity index (χ4n) is 1.92. The van der Waals surface area contributed by atoms with Crippen LogP contribution < -0.4 is 0 Å². The topological polar surface area (TPSA) is 50.4 Å². The number of hydrogen-bond acceptors (Lipinski definition) is 3. The highest BCUT2D eigenvalue weighted by molar-refractivity contribution is 7.99. The Labute approximate surface area is 119 Å². The third-order valence-electron chi connectivity index (χ3n) is 3.03. The van der Waals surface area contributed by atoms with Crippen LogP contribution >= 0.6 is 11.8 Å². The van der Waals surface area contributed by atoms with E-state index in [9.17, 15) is 4.79 Å². The predicted octanol–water partition coefficient (Wildman–Crippen LogP) is 5.21. The van der Waals surface area contributed by atoms with Crippen LogP contribution in [0.1, 0.15) is 68.8 Å². The third kappa shape index (κ3) is 7.31. The van der Waals surface area contributed by atoms with Gasteiger partial charge in [-0.15, -0.1) is 0 Å². The van der Waals surface area contributed by atoms with Crippen LogP contribution in [0.4, 0.5) is 0 Å². The summed E-state index contributed by atoms with van der Waals surface area (Å²) in [4.78, 5) is 10.6. The Balaban J connectivity index is 1.97. The van der Waals surface area contributed by atoms with E-state index in [1.165, 1.54) is 57.4 Å². The Morgan fingerprint density at radius 3 is 2.32 bits per heavy atom. The minimum Gasteiger partial charge on any atom is -0.475 e. The van der Waals surface area contributed by atoms with Gasteiger partial charge in [0.15, 0.2) is 5.09 Å². The number of aromatic carboxylic acids is 1. The highest BCUT2D eigenvalue weighted by Gasteiger charge is 2.08. The molecule has 1 heterocycles. The lowest BCUT2D eigenvalue weighted by Crippen LogP contribution is -1.91. The van der Waals surface area contributed by atoms with Crippen molar-refractivity contribution >= 4 is 17.7 Å². The third-order valence-corrected chi connectivity index (χ3v) is 4.03. The molecule has 4 heteroatoms. The van der Waals surface area contributed by atoms with E-state index in [0.717, 1.165) is 5.75 Å². The van der Waals surface area contributed by atoms with Crippen molar-refractivity contribution < 1.29 is 14.3 Å². The lowest BCUT2D eigenvalue weighted by molar-refractivity contribution is 0.0656. The Morgan fingerprint density at radius 2 is 1.74 bits per heavy atom. The molecule has 0 radical (unpaired) electrons. The van der Waals surface area contributed by atoms with Gasteiger partial charge in [-0.25, -0.2) is 4.79 Å². The molecule has 108 valence electrons. The van der Waals surface area contributed by atoms with E-state index in [-0.39, 0.29) is 5.76 Å². The first-order valence-corrected chi connectivity index (χ1v) is 8.18. The second kappa shape index (κ2) is 9.96. The Morgan fingerprint density at radius 1 is 1.11 bits per heavy atom. The average molecular weight is 284 g/mol. The number of unbranched alkanes of at least 4 members (excludes halogenated alkanes) is 7. The van der Waals surface area contributed by atoms with Crippen molar-refractivity contribution in [2.75, 3.05) is 5.75 Å². The summed E-state index contributed by atoms with van der Waals surface area (Å²) in [6.07, 6.45) is 10.5. The zero-order valence-electron chi connectivity index (χ0n) is 11.7. The molecule has 0 saturated heterocycles. The summed E-state index contributed by atoms with van der Waals surface area (Å²) in [5.74, 6) is 0.0268. The second-order valence-corrected chi connectivity index (χ2v) is 5.85. The van der Waals surface area contributed by atoms with Gasteiger partial charge in [-0.05, 0) is 18.6 Å². The molecule has 0 amide bonds. The molecule has 0 aliphatic rings. The van der Waals surface area contributed by atoms with Gasteiger partial charge in [0.25, 0.3) is 0 Å². The molecule has 0 spiro atoms. The van der Waals surface area contributed by atoms with Crippen LogP contribution in [0.3, 0.4) is 0 Å². The van der Waals surface area contributed by atoms with Gasteiger partial charge in [-0.1, -0.05) is 63.6 Å². The van der Waals surface area contributed by atoms with Gasteiger partial charge >= 0.3 is 5.97 Å². The van der Waals surface area contributed by atoms with Gasteiger partial charge in [0.05, 0.1) is 0 Å². The van der Waals surface area contributed by atoms with Gasteiger partial charge in [-0.2, -0.15) is 0 Å². The maximum atomic E-state index is 10.6. The Kier molecular flexibility index (Phi) is 8.47. The van der Waals surface area contributed by atoms with Crippen molar-refractivity contribution in [1.29, 1.82) is 0 Å². The monoisotopic (exact) mass is 284 g/mol. The highest BCUT2D eigenvalue weighted by Crippen LogP contribution is 2.22. The molecule has 0 aromatic carbocycles. The van der Waals surface area contributed by atoms with Gasteiger partial charge in [0, 0.05) is 5.75 Å². The van der Waals surface area contributed by atoms with Crippen LogP contribution in [0.2, 0.25) is 0 Å². The molecule has 0 unspecified atom stereocenters. The molecular weight excluding hydrogens is 260 g/mol. The standard InChI is InChI=1S/C15H24O3S/c1-2-3-4-5-6-7-8-9-12-19-14-11-10-13(18-14)15(16)17/h10-11H,2-9,12H2,1H3,(H,16,17). The summed E-state index contributed by atoms with van der Waals surface area (Å²) in [6, 6.07) is 3.25. The summed E-state index contributed by atoms with van der Waals surface area (Å²) in [6.45, 7) is 2.24. The molecule has 1 aromatic heterocycles. The molecule has 19 heavy (non-hydrogen) atoms. The molecular formula is C15H24O3S. The lowest BCUT2D eigenvalue weighted by Gasteiger charge is -2.01. The smallest absolute Gasteiger partial charge is 0.371 e. The number of carbonyl (C=O) groups is 1. The Bertz CT molecular complexity index is 360. The van der Waals surface area contributed by atoms with Crippen molar-refractivity contribution in [2.45, 2.75) is 63.4 Å². The molecule has 0 bridgehead atoms. The largest absolute Gasteiger partial charge is 0.475 e. The Hall–Kier alpha value is -0.900. The second-order valence-electron chi connectivity index (χ2n) is 4.75. The molecule has 0 saturated carbocycles. The molecule has 0 fully saturated rings. The first-order valence-electron chi connectivity index (χ1n) is 7.20. The van der Waals surface area contributed by atoms with Crippen LogP contribution in [0, 0.1) is 0 Å². The predicted molar refractivity (Wildman–Crippen MR) is 79.0 cm³/mol. The van der Waals surface area contributed by atoms with E-state index >= 15 is 0 Å². The molecule has 1 rings (SSSR count). The van der Waals surface area contributed by atoms with E-state index < -0.39 is 5.97 Å². The first kappa shape index (κ1) is 16.2. The van der Waals surface area contributed by atoms with E-state index in [0.29, 0.717) is 5.09 Å². The number of rotatable bonds is 11. The van der Waals surface area contributed by atoms with Gasteiger partial charge in [-0.3, -0.25) is 0 Å². The summed E-state index contributed by atoms with van der Waals surface area (Å²) in [5, 5.41) is 9.43. The fraction of sp³-hybridized carbons (Fsp3) is 0.667. The lowest BCUT2D eigenvalue weighted by atomic mass is 10.1. The normalized spacial score (nSPS) is 10.8. The van der Waals surface area contributed by atoms with Crippen molar-refractivity contribution in [3.05, 3.63) is 17.9 Å². The zero-order chi connectivity index (χ0) is 13.9. The number of thioether (sulfide) groups is 1. The minimum atomic E-state index is -1.00. The molecule has 1 aromatic rings. The summed E-state index contributed by atoms with van der Waals surface area (Å²) in [5.41, 5.74) is 0. The summed E-state index contributed by atoms with van der Waals surface area (Å²) in [7, 11) is 0. The van der Waals surface area contributed by atoms with Crippen LogP contribution in [-0.4, -0.2) is 16.8 Å². The molecule has 0 aliphatic heterocycles. The molecule has 1 N–H and O–H groups in total. The quantitative estimate of drug-likeness (QED) is 0.447. The van der Waals surface area contributed by atoms with Crippen molar-refractivity contribution in [3.8, 4) is 0 Å². The van der Waals surface area contributed by atoms with Crippen LogP contribution in [0.15, 0.2) is 21.6 Å². The van der Waals surface area contributed by atoms with Crippen LogP contribution in [0.5, 0.6) is 0 Å². The van der Waals surface area contributed by atoms with Crippen molar-refractivity contribution in [1.82, 2.24) is 0 Å². The minimum absolute atomic E-state index is 0.0263. The van der Waals surface area contributed by atoms with Crippen molar-refractivity contribution in [2.24, 2.45) is 0 Å². The van der Waals surface area contributed by atoms with E-state index in [1.54, 1.807) is 17.8 Å². The molecule has 0 aliphatic carbocycles. The number of furan rings is 1. The van der Waals surface area contributed by atoms with Gasteiger partial charge < -0.3 is 9.52 Å². The maximum absolute atomic E-state index is 10.6. The highest BCUT2D eigenvalue weighted by atomic mass is 32.2. The van der Waals surface area contributed by atoms with E-state index in [2.05, 4.69) is 6.92 Å². The number of carboxylic acid groups (broad SMARTS) is 1. The summed E-state index contributed by atoms with van der Waals surface area (Å²) < 4.78 is 5.18. The zero-order valence-corrected chi connectivity index (χ0v) is 12.5. The summed E-state index contributed by atoms with van der Waals surface area (Å²) >= 11 is 1.60. The maximum Gasteiger partial charge on any atom is 0.371 e. The van der Waals surface area contributed by atoms with E-state index in [1.807, 2.05) is 0 Å². The fourth-order valence-corrected chi connectivity index (χ4v) is 2.78. The van der Waals surface area contributed by atoms with Crippen molar-refractivity contribution in [3.63, 3.8) is 0 Å². The van der Waals surface area contributed by atoms with Gasteiger partial charge in [0.2, 0.25) is 5.76 Å². The van der Waals surface area contributed by atoms with Crippen LogP contribution in [0.25, 0.3) is 0 Å². The number of hydrogen-bond donors (Lipinski definition) is 1. The molecule has 0 atom stereocenters.